The first-order chi connectivity index (χ1) is 13.6. The summed E-state index contributed by atoms with van der Waals surface area (Å²) in [7, 11) is 0. The van der Waals surface area contributed by atoms with Crippen molar-refractivity contribution >= 4 is 16.9 Å². The number of anilines is 1. The SMILES string of the molecule is C=C/C=C(\C=C)Nc1cc(=O)c2c(OCC)cc(C)nc2n1-c1ccccc1. The Labute approximate surface area is 164 Å². The normalized spacial score (nSPS) is 11.3. The number of para-hydroxylation sites is 1. The number of allylic oxidation sites excluding steroid dienone is 3. The highest BCUT2D eigenvalue weighted by Gasteiger charge is 2.17. The van der Waals surface area contributed by atoms with Crippen LogP contribution in [0.5, 0.6) is 5.75 Å². The number of rotatable bonds is 7. The minimum Gasteiger partial charge on any atom is -0.493 e. The molecule has 0 aliphatic carbocycles. The predicted octanol–water partition coefficient (Wildman–Crippen LogP) is 4.76. The summed E-state index contributed by atoms with van der Waals surface area (Å²) < 4.78 is 7.65. The zero-order chi connectivity index (χ0) is 20.1. The number of hydrogen-bond donors (Lipinski definition) is 1. The van der Waals surface area contributed by atoms with Crippen LogP contribution in [0.15, 0.2) is 84.3 Å². The molecule has 0 amide bonds. The van der Waals surface area contributed by atoms with Crippen LogP contribution in [-0.4, -0.2) is 16.2 Å². The van der Waals surface area contributed by atoms with E-state index in [-0.39, 0.29) is 5.43 Å². The van der Waals surface area contributed by atoms with E-state index in [1.165, 1.54) is 0 Å². The second kappa shape index (κ2) is 8.39. The second-order valence-corrected chi connectivity index (χ2v) is 6.15. The number of hydrogen-bond acceptors (Lipinski definition) is 4. The molecule has 0 bridgehead atoms. The summed E-state index contributed by atoms with van der Waals surface area (Å²) >= 11 is 0. The van der Waals surface area contributed by atoms with E-state index in [0.29, 0.717) is 29.2 Å². The molecular weight excluding hydrogens is 350 g/mol. The lowest BCUT2D eigenvalue weighted by Gasteiger charge is -2.19. The minimum atomic E-state index is -0.164. The van der Waals surface area contributed by atoms with E-state index in [1.54, 1.807) is 30.4 Å². The number of aromatic nitrogens is 2. The molecule has 0 radical (unpaired) electrons. The molecule has 0 atom stereocenters. The first kappa shape index (κ1) is 19.2. The van der Waals surface area contributed by atoms with Gasteiger partial charge in [-0.05, 0) is 38.1 Å². The van der Waals surface area contributed by atoms with Gasteiger partial charge in [-0.3, -0.25) is 9.36 Å². The molecule has 0 saturated carbocycles. The van der Waals surface area contributed by atoms with Gasteiger partial charge in [-0.1, -0.05) is 37.4 Å². The van der Waals surface area contributed by atoms with Crippen LogP contribution >= 0.6 is 0 Å². The van der Waals surface area contributed by atoms with E-state index >= 15 is 0 Å². The van der Waals surface area contributed by atoms with Crippen LogP contribution in [0, 0.1) is 6.92 Å². The monoisotopic (exact) mass is 373 g/mol. The molecule has 142 valence electrons. The summed E-state index contributed by atoms with van der Waals surface area (Å²) in [6.07, 6.45) is 5.11. The lowest BCUT2D eigenvalue weighted by atomic mass is 10.2. The van der Waals surface area contributed by atoms with Gasteiger partial charge in [0.2, 0.25) is 0 Å². The summed E-state index contributed by atoms with van der Waals surface area (Å²) in [5.74, 6) is 1.12. The molecule has 0 fully saturated rings. The summed E-state index contributed by atoms with van der Waals surface area (Å²) in [6.45, 7) is 11.8. The molecule has 2 aromatic heterocycles. The van der Waals surface area contributed by atoms with Gasteiger partial charge in [-0.25, -0.2) is 4.98 Å². The summed E-state index contributed by atoms with van der Waals surface area (Å²) in [6, 6.07) is 13.1. The number of nitrogens with zero attached hydrogens (tertiary/aromatic N) is 2. The fraction of sp³-hybridized carbons (Fsp3) is 0.130. The van der Waals surface area contributed by atoms with Gasteiger partial charge in [0, 0.05) is 29.2 Å². The van der Waals surface area contributed by atoms with Gasteiger partial charge in [0.25, 0.3) is 0 Å². The van der Waals surface area contributed by atoms with E-state index in [0.717, 1.165) is 17.1 Å². The van der Waals surface area contributed by atoms with Gasteiger partial charge >= 0.3 is 0 Å². The Kier molecular flexibility index (Phi) is 5.75. The standard InChI is InChI=1S/C23H23N3O2/c1-5-11-17(6-2)25-21-15-19(27)22-20(28-7-3)14-16(4)24-23(22)26(21)18-12-9-8-10-13-18/h5-6,8-15,25H,1-2,7H2,3-4H3/b17-11+. The van der Waals surface area contributed by atoms with Crippen LogP contribution in [0.2, 0.25) is 0 Å². The van der Waals surface area contributed by atoms with E-state index in [9.17, 15) is 4.79 Å². The largest absolute Gasteiger partial charge is 0.493 e. The van der Waals surface area contributed by atoms with Gasteiger partial charge in [0.1, 0.15) is 17.0 Å². The van der Waals surface area contributed by atoms with Crippen molar-refractivity contribution in [2.75, 3.05) is 11.9 Å². The Balaban J connectivity index is 2.40. The first-order valence-corrected chi connectivity index (χ1v) is 9.06. The zero-order valence-electron chi connectivity index (χ0n) is 16.1. The van der Waals surface area contributed by atoms with Crippen molar-refractivity contribution < 1.29 is 4.74 Å². The molecule has 0 saturated heterocycles. The summed E-state index contributed by atoms with van der Waals surface area (Å²) in [5, 5.41) is 3.71. The number of pyridine rings is 2. The van der Waals surface area contributed by atoms with E-state index < -0.39 is 0 Å². The third-order valence-corrected chi connectivity index (χ3v) is 4.16. The number of fused-ring (bicyclic) bond motifs is 1. The third-order valence-electron chi connectivity index (χ3n) is 4.16. The lowest BCUT2D eigenvalue weighted by Crippen LogP contribution is -2.16. The van der Waals surface area contributed by atoms with Gasteiger partial charge in [0.05, 0.1) is 6.61 Å². The summed E-state index contributed by atoms with van der Waals surface area (Å²) in [5.41, 5.74) is 2.73. The quantitative estimate of drug-likeness (QED) is 0.607. The Morgan fingerprint density at radius 3 is 2.64 bits per heavy atom. The van der Waals surface area contributed by atoms with Crippen LogP contribution in [0.3, 0.4) is 0 Å². The van der Waals surface area contributed by atoms with Crippen molar-refractivity contribution in [3.63, 3.8) is 0 Å². The minimum absolute atomic E-state index is 0.164. The molecular formula is C23H23N3O2. The smallest absolute Gasteiger partial charge is 0.196 e. The average molecular weight is 373 g/mol. The first-order valence-electron chi connectivity index (χ1n) is 9.06. The topological polar surface area (TPSA) is 56.1 Å². The van der Waals surface area contributed by atoms with Crippen molar-refractivity contribution in [2.24, 2.45) is 0 Å². The van der Waals surface area contributed by atoms with Crippen molar-refractivity contribution in [2.45, 2.75) is 13.8 Å². The van der Waals surface area contributed by atoms with Crippen molar-refractivity contribution in [1.29, 1.82) is 0 Å². The molecule has 3 rings (SSSR count). The highest BCUT2D eigenvalue weighted by atomic mass is 16.5. The molecule has 2 heterocycles. The number of ether oxygens (including phenoxy) is 1. The van der Waals surface area contributed by atoms with Gasteiger partial charge in [-0.2, -0.15) is 0 Å². The maximum Gasteiger partial charge on any atom is 0.196 e. The fourth-order valence-electron chi connectivity index (χ4n) is 3.03. The molecule has 0 unspecified atom stereocenters. The molecule has 3 aromatic rings. The molecule has 1 N–H and O–H groups in total. The van der Waals surface area contributed by atoms with Crippen LogP contribution in [0.25, 0.3) is 16.7 Å². The van der Waals surface area contributed by atoms with Crippen molar-refractivity contribution in [3.8, 4) is 11.4 Å². The van der Waals surface area contributed by atoms with E-state index in [4.69, 9.17) is 4.74 Å². The molecule has 0 aliphatic rings. The maximum atomic E-state index is 13.0. The van der Waals surface area contributed by atoms with E-state index in [2.05, 4.69) is 23.5 Å². The molecule has 0 spiro atoms. The Hall–Kier alpha value is -3.60. The fourth-order valence-corrected chi connectivity index (χ4v) is 3.03. The molecule has 1 aromatic carbocycles. The van der Waals surface area contributed by atoms with Gasteiger partial charge in [-0.15, -0.1) is 0 Å². The average Bonchev–Trinajstić information content (AvgIpc) is 2.68. The molecule has 5 nitrogen and oxygen atoms in total. The summed E-state index contributed by atoms with van der Waals surface area (Å²) in [4.78, 5) is 17.7. The van der Waals surface area contributed by atoms with Crippen LogP contribution < -0.4 is 15.5 Å². The molecule has 0 aliphatic heterocycles. The molecule has 5 heteroatoms. The van der Waals surface area contributed by atoms with E-state index in [1.807, 2.05) is 48.7 Å². The highest BCUT2D eigenvalue weighted by Crippen LogP contribution is 2.28. The van der Waals surface area contributed by atoms with Crippen LogP contribution in [-0.2, 0) is 0 Å². The van der Waals surface area contributed by atoms with Crippen LogP contribution in [0.1, 0.15) is 12.6 Å². The van der Waals surface area contributed by atoms with Crippen molar-refractivity contribution in [1.82, 2.24) is 9.55 Å². The predicted molar refractivity (Wildman–Crippen MR) is 115 cm³/mol. The van der Waals surface area contributed by atoms with Gasteiger partial charge in [0.15, 0.2) is 11.1 Å². The van der Waals surface area contributed by atoms with Crippen molar-refractivity contribution in [3.05, 3.63) is 95.5 Å². The Morgan fingerprint density at radius 1 is 1.25 bits per heavy atom. The van der Waals surface area contributed by atoms with Crippen LogP contribution in [0.4, 0.5) is 5.82 Å². The maximum absolute atomic E-state index is 13.0. The third kappa shape index (κ3) is 3.74. The molecule has 28 heavy (non-hydrogen) atoms. The number of nitrogens with one attached hydrogen (secondary N) is 1. The zero-order valence-corrected chi connectivity index (χ0v) is 16.1. The van der Waals surface area contributed by atoms with Gasteiger partial charge < -0.3 is 10.1 Å². The highest BCUT2D eigenvalue weighted by molar-refractivity contribution is 5.86. The Bertz CT molecular complexity index is 1110. The number of benzene rings is 1. The lowest BCUT2D eigenvalue weighted by molar-refractivity contribution is 0.343. The number of aryl methyl sites for hydroxylation is 1. The Morgan fingerprint density at radius 2 is 2.00 bits per heavy atom. The second-order valence-electron chi connectivity index (χ2n) is 6.15.